The van der Waals surface area contributed by atoms with Gasteiger partial charge in [0.25, 0.3) is 5.66 Å². The second kappa shape index (κ2) is 4.90. The highest BCUT2D eigenvalue weighted by Crippen LogP contribution is 2.47. The molecule has 1 unspecified atom stereocenters. The van der Waals surface area contributed by atoms with Gasteiger partial charge in [-0.1, -0.05) is 39.6 Å². The van der Waals surface area contributed by atoms with Crippen LogP contribution in [0.15, 0.2) is 53.6 Å². The second-order valence-electron chi connectivity index (χ2n) is 5.10. The largest absolute Gasteiger partial charge is 0.323 e. The molecule has 1 aliphatic rings. The Labute approximate surface area is 132 Å². The molecule has 4 rings (SSSR count). The minimum atomic E-state index is -2.92. The number of nitrogens with one attached hydrogen (secondary N) is 1. The molecular weight excluding hydrogens is 321 g/mol. The summed E-state index contributed by atoms with van der Waals surface area (Å²) in [6, 6.07) is 12.7. The molecule has 22 heavy (non-hydrogen) atoms. The summed E-state index contributed by atoms with van der Waals surface area (Å²) in [4.78, 5) is 5.22. The predicted molar refractivity (Wildman–Crippen MR) is 90.3 cm³/mol. The number of anilines is 1. The molecule has 3 aromatic rings. The number of hydrogen-bond donors (Lipinski definition) is 1. The van der Waals surface area contributed by atoms with Crippen molar-refractivity contribution in [1.82, 2.24) is 4.98 Å². The van der Waals surface area contributed by atoms with Crippen LogP contribution < -0.4 is 4.72 Å². The van der Waals surface area contributed by atoms with Gasteiger partial charge in [-0.25, -0.2) is 0 Å². The van der Waals surface area contributed by atoms with Crippen LogP contribution in [-0.2, 0) is 5.66 Å². The zero-order valence-corrected chi connectivity index (χ0v) is 13.3. The van der Waals surface area contributed by atoms with Gasteiger partial charge in [0, 0.05) is 27.6 Å². The number of pyridine rings is 1. The Kier molecular flexibility index (Phi) is 3.10. The van der Waals surface area contributed by atoms with Gasteiger partial charge >= 0.3 is 0 Å². The quantitative estimate of drug-likeness (QED) is 0.486. The first-order chi connectivity index (χ1) is 10.5. The zero-order valence-electron chi connectivity index (χ0n) is 11.3. The Morgan fingerprint density at radius 3 is 2.73 bits per heavy atom. The molecule has 0 bridgehead atoms. The van der Waals surface area contributed by atoms with Gasteiger partial charge in [0.1, 0.15) is 0 Å². The van der Waals surface area contributed by atoms with Crippen molar-refractivity contribution in [3.05, 3.63) is 54.2 Å². The van der Waals surface area contributed by atoms with Gasteiger partial charge in [-0.3, -0.25) is 4.98 Å². The number of aromatic nitrogens is 1. The number of fused-ring (bicyclic) bond motifs is 5. The SMILES string of the molecule is FC(F)(P)c1ccc2c(c1)SNc1c-2ccc2cccnc12. The monoisotopic (exact) mass is 332 g/mol. The van der Waals surface area contributed by atoms with Crippen molar-refractivity contribution in [3.8, 4) is 11.1 Å². The molecule has 110 valence electrons. The highest BCUT2D eigenvalue weighted by molar-refractivity contribution is 8.00. The van der Waals surface area contributed by atoms with Crippen molar-refractivity contribution in [2.24, 2.45) is 0 Å². The van der Waals surface area contributed by atoms with Crippen LogP contribution in [0.3, 0.4) is 0 Å². The van der Waals surface area contributed by atoms with Crippen LogP contribution >= 0.6 is 21.2 Å². The number of halogens is 2. The first-order valence-electron chi connectivity index (χ1n) is 6.66. The Hall–Kier alpha value is -1.71. The maximum atomic E-state index is 13.5. The molecule has 2 aromatic carbocycles. The zero-order chi connectivity index (χ0) is 15.3. The molecule has 0 saturated heterocycles. The molecule has 0 saturated carbocycles. The fraction of sp³-hybridized carbons (Fsp3) is 0.0625. The van der Waals surface area contributed by atoms with Gasteiger partial charge in [0.15, 0.2) is 0 Å². The maximum absolute atomic E-state index is 13.5. The molecule has 1 N–H and O–H groups in total. The Balaban J connectivity index is 1.93. The Morgan fingerprint density at radius 1 is 1.09 bits per heavy atom. The topological polar surface area (TPSA) is 24.9 Å². The summed E-state index contributed by atoms with van der Waals surface area (Å²) in [5.74, 6) is 0. The lowest BCUT2D eigenvalue weighted by Crippen LogP contribution is -2.05. The van der Waals surface area contributed by atoms with Crippen LogP contribution in [0, 0.1) is 0 Å². The molecule has 1 aromatic heterocycles. The van der Waals surface area contributed by atoms with Gasteiger partial charge in [-0.05, 0) is 29.6 Å². The third-order valence-electron chi connectivity index (χ3n) is 3.69. The normalized spacial score (nSPS) is 13.4. The van der Waals surface area contributed by atoms with E-state index >= 15 is 0 Å². The van der Waals surface area contributed by atoms with Crippen LogP contribution in [-0.4, -0.2) is 4.98 Å². The van der Waals surface area contributed by atoms with Gasteiger partial charge < -0.3 is 4.72 Å². The van der Waals surface area contributed by atoms with Crippen LogP contribution in [0.4, 0.5) is 14.5 Å². The molecule has 0 fully saturated rings. The average Bonchev–Trinajstić information content (AvgIpc) is 2.52. The lowest BCUT2D eigenvalue weighted by molar-refractivity contribution is 0.104. The molecule has 1 aliphatic heterocycles. The highest BCUT2D eigenvalue weighted by atomic mass is 32.2. The van der Waals surface area contributed by atoms with Crippen LogP contribution in [0.1, 0.15) is 5.56 Å². The third-order valence-corrected chi connectivity index (χ3v) is 4.89. The van der Waals surface area contributed by atoms with Gasteiger partial charge in [-0.15, -0.1) is 0 Å². The van der Waals surface area contributed by atoms with E-state index in [2.05, 4.69) is 9.71 Å². The van der Waals surface area contributed by atoms with Crippen molar-refractivity contribution >= 4 is 37.8 Å². The van der Waals surface area contributed by atoms with Crippen LogP contribution in [0.25, 0.3) is 22.0 Å². The number of benzene rings is 2. The van der Waals surface area contributed by atoms with Crippen molar-refractivity contribution < 1.29 is 8.78 Å². The molecule has 2 heterocycles. The summed E-state index contributed by atoms with van der Waals surface area (Å²) in [6.45, 7) is 0. The number of rotatable bonds is 1. The van der Waals surface area contributed by atoms with E-state index in [0.29, 0.717) is 0 Å². The molecule has 0 aliphatic carbocycles. The first-order valence-corrected chi connectivity index (χ1v) is 8.05. The van der Waals surface area contributed by atoms with Crippen molar-refractivity contribution in [2.75, 3.05) is 4.72 Å². The van der Waals surface area contributed by atoms with Gasteiger partial charge in [0.05, 0.1) is 11.2 Å². The Bertz CT molecular complexity index is 893. The minimum absolute atomic E-state index is 0.00656. The van der Waals surface area contributed by atoms with Gasteiger partial charge in [0.2, 0.25) is 0 Å². The molecular formula is C16H11F2N2PS. The van der Waals surface area contributed by atoms with Gasteiger partial charge in [-0.2, -0.15) is 8.78 Å². The van der Waals surface area contributed by atoms with E-state index in [1.807, 2.05) is 24.3 Å². The second-order valence-corrected chi connectivity index (χ2v) is 6.67. The summed E-state index contributed by atoms with van der Waals surface area (Å²) >= 11 is 1.34. The fourth-order valence-corrected chi connectivity index (χ4v) is 3.69. The van der Waals surface area contributed by atoms with Crippen LogP contribution in [0.5, 0.6) is 0 Å². The predicted octanol–water partition coefficient (Wildman–Crippen LogP) is 5.26. The summed E-state index contributed by atoms with van der Waals surface area (Å²) in [5.41, 5.74) is 0.830. The van der Waals surface area contributed by atoms with E-state index < -0.39 is 5.66 Å². The summed E-state index contributed by atoms with van der Waals surface area (Å²) in [5, 5.41) is 1.05. The van der Waals surface area contributed by atoms with E-state index in [1.165, 1.54) is 24.1 Å². The highest BCUT2D eigenvalue weighted by Gasteiger charge is 2.27. The number of nitrogens with zero attached hydrogens (tertiary/aromatic N) is 1. The smallest absolute Gasteiger partial charge is 0.283 e. The molecule has 0 radical (unpaired) electrons. The van der Waals surface area contributed by atoms with E-state index in [9.17, 15) is 8.78 Å². The minimum Gasteiger partial charge on any atom is -0.323 e. The van der Waals surface area contributed by atoms with Crippen molar-refractivity contribution in [3.63, 3.8) is 0 Å². The molecule has 1 atom stereocenters. The van der Waals surface area contributed by atoms with Crippen LogP contribution in [0.2, 0.25) is 0 Å². The molecule has 0 amide bonds. The standard InChI is InChI=1S/C16H11F2N2PS/c17-16(18,21)10-4-6-11-12-5-3-9-2-1-7-19-14(9)15(12)20-22-13(11)8-10/h1-8,20H,21H2. The Morgan fingerprint density at radius 2 is 1.91 bits per heavy atom. The number of hydrogen-bond acceptors (Lipinski definition) is 3. The first kappa shape index (κ1) is 13.9. The summed E-state index contributed by atoms with van der Waals surface area (Å²) in [6.07, 6.45) is 1.75. The molecule has 0 spiro atoms. The lowest BCUT2D eigenvalue weighted by Gasteiger charge is -2.23. The maximum Gasteiger partial charge on any atom is 0.283 e. The summed E-state index contributed by atoms with van der Waals surface area (Å²) in [7, 11) is 1.58. The summed E-state index contributed by atoms with van der Waals surface area (Å²) < 4.78 is 30.1. The third kappa shape index (κ3) is 2.16. The van der Waals surface area contributed by atoms with E-state index in [4.69, 9.17) is 0 Å². The fourth-order valence-electron chi connectivity index (χ4n) is 2.62. The molecule has 2 nitrogen and oxygen atoms in total. The molecule has 6 heteroatoms. The average molecular weight is 332 g/mol. The van der Waals surface area contributed by atoms with Crippen molar-refractivity contribution in [2.45, 2.75) is 10.6 Å². The van der Waals surface area contributed by atoms with E-state index in [1.54, 1.807) is 21.5 Å². The van der Waals surface area contributed by atoms with E-state index in [0.717, 1.165) is 32.6 Å². The van der Waals surface area contributed by atoms with Crippen molar-refractivity contribution in [1.29, 1.82) is 0 Å². The lowest BCUT2D eigenvalue weighted by atomic mass is 9.99. The number of alkyl halides is 2. The van der Waals surface area contributed by atoms with E-state index in [-0.39, 0.29) is 5.56 Å².